The fraction of sp³-hybridized carbons (Fsp3) is 0.571. The number of aryl methyl sites for hydroxylation is 1. The smallest absolute Gasteiger partial charge is 0.174 e. The molecule has 0 aliphatic carbocycles. The van der Waals surface area contributed by atoms with Crippen LogP contribution in [0.3, 0.4) is 0 Å². The van der Waals surface area contributed by atoms with Gasteiger partial charge >= 0.3 is 0 Å². The highest BCUT2D eigenvalue weighted by atomic mass is 16.1. The Hall–Kier alpha value is -1.42. The quantitative estimate of drug-likeness (QED) is 0.798. The number of anilines is 1. The Bertz CT molecular complexity index is 450. The Kier molecular flexibility index (Phi) is 3.66. The molecule has 1 atom stereocenters. The van der Waals surface area contributed by atoms with Crippen LogP contribution in [0, 0.1) is 12.3 Å². The van der Waals surface area contributed by atoms with E-state index < -0.39 is 0 Å². The lowest BCUT2D eigenvalue weighted by atomic mass is 9.76. The summed E-state index contributed by atoms with van der Waals surface area (Å²) in [5.74, 6) is 0.510. The van der Waals surface area contributed by atoms with Crippen molar-refractivity contribution in [2.24, 2.45) is 5.41 Å². The SMILES string of the molecule is CCCC1(C(=O)c2cc(C)cnc2N)CCNC1. The summed E-state index contributed by atoms with van der Waals surface area (Å²) in [6, 6.07) is 1.86. The van der Waals surface area contributed by atoms with Crippen LogP contribution < -0.4 is 11.1 Å². The van der Waals surface area contributed by atoms with Gasteiger partial charge in [0.1, 0.15) is 5.82 Å². The van der Waals surface area contributed by atoms with Gasteiger partial charge in [0.25, 0.3) is 0 Å². The van der Waals surface area contributed by atoms with Gasteiger partial charge in [0.05, 0.1) is 5.56 Å². The summed E-state index contributed by atoms with van der Waals surface area (Å²) in [4.78, 5) is 16.9. The Morgan fingerprint density at radius 1 is 1.61 bits per heavy atom. The highest BCUT2D eigenvalue weighted by molar-refractivity contribution is 6.04. The van der Waals surface area contributed by atoms with Gasteiger partial charge in [-0.05, 0) is 37.9 Å². The van der Waals surface area contributed by atoms with Crippen molar-refractivity contribution in [3.05, 3.63) is 23.4 Å². The topological polar surface area (TPSA) is 68.0 Å². The second-order valence-corrected chi connectivity index (χ2v) is 5.23. The summed E-state index contributed by atoms with van der Waals surface area (Å²) in [6.45, 7) is 5.71. The van der Waals surface area contributed by atoms with Crippen LogP contribution in [0.2, 0.25) is 0 Å². The first-order valence-electron chi connectivity index (χ1n) is 6.57. The molecule has 1 aromatic rings. The van der Waals surface area contributed by atoms with Crippen molar-refractivity contribution in [1.29, 1.82) is 0 Å². The number of hydrogen-bond donors (Lipinski definition) is 2. The third-order valence-corrected chi connectivity index (χ3v) is 3.75. The van der Waals surface area contributed by atoms with Gasteiger partial charge in [-0.25, -0.2) is 4.98 Å². The second-order valence-electron chi connectivity index (χ2n) is 5.23. The number of nitrogen functional groups attached to an aromatic ring is 1. The number of nitrogens with two attached hydrogens (primary N) is 1. The maximum atomic E-state index is 12.8. The Balaban J connectivity index is 2.36. The van der Waals surface area contributed by atoms with Gasteiger partial charge in [0.2, 0.25) is 0 Å². The Labute approximate surface area is 108 Å². The molecule has 0 saturated carbocycles. The number of Topliss-reactive ketones (excluding diaryl/α,β-unsaturated/α-hetero) is 1. The number of nitrogens with zero attached hydrogens (tertiary/aromatic N) is 1. The van der Waals surface area contributed by atoms with Gasteiger partial charge in [0, 0.05) is 18.2 Å². The zero-order valence-corrected chi connectivity index (χ0v) is 11.1. The van der Waals surface area contributed by atoms with Crippen molar-refractivity contribution in [1.82, 2.24) is 10.3 Å². The average Bonchev–Trinajstić information content (AvgIpc) is 2.82. The summed E-state index contributed by atoms with van der Waals surface area (Å²) < 4.78 is 0. The number of nitrogens with one attached hydrogen (secondary N) is 1. The Morgan fingerprint density at radius 2 is 2.39 bits per heavy atom. The number of aromatic nitrogens is 1. The summed E-state index contributed by atoms with van der Waals surface area (Å²) in [5, 5.41) is 3.30. The van der Waals surface area contributed by atoms with Gasteiger partial charge in [-0.3, -0.25) is 4.79 Å². The van der Waals surface area contributed by atoms with E-state index in [0.29, 0.717) is 11.4 Å². The van der Waals surface area contributed by atoms with E-state index in [1.54, 1.807) is 6.20 Å². The van der Waals surface area contributed by atoms with Gasteiger partial charge < -0.3 is 11.1 Å². The normalized spacial score (nSPS) is 23.2. The molecule has 1 aromatic heterocycles. The van der Waals surface area contributed by atoms with Gasteiger partial charge in [-0.1, -0.05) is 13.3 Å². The lowest BCUT2D eigenvalue weighted by Gasteiger charge is -2.26. The number of rotatable bonds is 4. The third kappa shape index (κ3) is 2.25. The summed E-state index contributed by atoms with van der Waals surface area (Å²) >= 11 is 0. The van der Waals surface area contributed by atoms with Crippen LogP contribution >= 0.6 is 0 Å². The molecule has 1 fully saturated rings. The molecule has 2 rings (SSSR count). The molecule has 0 bridgehead atoms. The van der Waals surface area contributed by atoms with Crippen LogP contribution in [0.5, 0.6) is 0 Å². The zero-order chi connectivity index (χ0) is 13.2. The minimum Gasteiger partial charge on any atom is -0.383 e. The minimum atomic E-state index is -0.279. The summed E-state index contributed by atoms with van der Waals surface area (Å²) in [6.07, 6.45) is 4.51. The molecule has 0 amide bonds. The number of carbonyl (C=O) groups is 1. The zero-order valence-electron chi connectivity index (χ0n) is 11.1. The number of hydrogen-bond acceptors (Lipinski definition) is 4. The Morgan fingerprint density at radius 3 is 3.00 bits per heavy atom. The molecule has 1 saturated heterocycles. The fourth-order valence-corrected chi connectivity index (χ4v) is 2.79. The first-order valence-corrected chi connectivity index (χ1v) is 6.57. The monoisotopic (exact) mass is 247 g/mol. The molecule has 0 radical (unpaired) electrons. The van der Waals surface area contributed by atoms with E-state index >= 15 is 0 Å². The maximum absolute atomic E-state index is 12.8. The maximum Gasteiger partial charge on any atom is 0.174 e. The van der Waals surface area contributed by atoms with E-state index in [0.717, 1.165) is 37.9 Å². The van der Waals surface area contributed by atoms with Crippen molar-refractivity contribution in [3.63, 3.8) is 0 Å². The number of carbonyl (C=O) groups excluding carboxylic acids is 1. The first-order chi connectivity index (χ1) is 8.59. The third-order valence-electron chi connectivity index (χ3n) is 3.75. The van der Waals surface area contributed by atoms with Crippen molar-refractivity contribution in [3.8, 4) is 0 Å². The van der Waals surface area contributed by atoms with E-state index in [9.17, 15) is 4.79 Å². The molecule has 1 unspecified atom stereocenters. The van der Waals surface area contributed by atoms with E-state index in [-0.39, 0.29) is 11.2 Å². The lowest BCUT2D eigenvalue weighted by molar-refractivity contribution is 0.0802. The average molecular weight is 247 g/mol. The van der Waals surface area contributed by atoms with Crippen LogP contribution in [0.1, 0.15) is 42.1 Å². The molecular formula is C14H21N3O. The van der Waals surface area contributed by atoms with Crippen molar-refractivity contribution in [2.45, 2.75) is 33.1 Å². The molecule has 1 aliphatic heterocycles. The molecule has 18 heavy (non-hydrogen) atoms. The molecule has 1 aliphatic rings. The van der Waals surface area contributed by atoms with Crippen molar-refractivity contribution >= 4 is 11.6 Å². The van der Waals surface area contributed by atoms with Gasteiger partial charge in [-0.2, -0.15) is 0 Å². The number of ketones is 1. The summed E-state index contributed by atoms with van der Waals surface area (Å²) in [7, 11) is 0. The fourth-order valence-electron chi connectivity index (χ4n) is 2.79. The first kappa shape index (κ1) is 13.0. The minimum absolute atomic E-state index is 0.156. The molecular weight excluding hydrogens is 226 g/mol. The standard InChI is InChI=1S/C14H21N3O/c1-3-4-14(5-6-16-9-14)12(18)11-7-10(2)8-17-13(11)15/h7-8,16H,3-6,9H2,1-2H3,(H2,15,17). The van der Waals surface area contributed by atoms with Gasteiger partial charge in [-0.15, -0.1) is 0 Å². The van der Waals surface area contributed by atoms with Crippen LogP contribution in [-0.2, 0) is 0 Å². The molecule has 4 nitrogen and oxygen atoms in total. The van der Waals surface area contributed by atoms with Crippen molar-refractivity contribution < 1.29 is 4.79 Å². The molecule has 4 heteroatoms. The predicted molar refractivity (Wildman–Crippen MR) is 72.5 cm³/mol. The molecule has 0 aromatic carbocycles. The van der Waals surface area contributed by atoms with E-state index in [2.05, 4.69) is 17.2 Å². The second kappa shape index (κ2) is 5.06. The van der Waals surface area contributed by atoms with E-state index in [4.69, 9.17) is 5.73 Å². The van der Waals surface area contributed by atoms with E-state index in [1.165, 1.54) is 0 Å². The van der Waals surface area contributed by atoms with Crippen molar-refractivity contribution in [2.75, 3.05) is 18.8 Å². The molecule has 3 N–H and O–H groups in total. The molecule has 0 spiro atoms. The molecule has 98 valence electrons. The highest BCUT2D eigenvalue weighted by Gasteiger charge is 2.41. The van der Waals surface area contributed by atoms with Gasteiger partial charge in [0.15, 0.2) is 5.78 Å². The molecule has 2 heterocycles. The number of pyridine rings is 1. The van der Waals surface area contributed by atoms with Crippen LogP contribution in [0.25, 0.3) is 0 Å². The predicted octanol–water partition coefficient (Wildman–Crippen LogP) is 1.93. The van der Waals surface area contributed by atoms with Crippen LogP contribution in [-0.4, -0.2) is 23.9 Å². The highest BCUT2D eigenvalue weighted by Crippen LogP contribution is 2.36. The lowest BCUT2D eigenvalue weighted by Crippen LogP contribution is -2.34. The van der Waals surface area contributed by atoms with Crippen LogP contribution in [0.4, 0.5) is 5.82 Å². The van der Waals surface area contributed by atoms with E-state index in [1.807, 2.05) is 13.0 Å². The summed E-state index contributed by atoms with van der Waals surface area (Å²) in [5.41, 5.74) is 7.15. The largest absolute Gasteiger partial charge is 0.383 e. The van der Waals surface area contributed by atoms with Crippen LogP contribution in [0.15, 0.2) is 12.3 Å².